The van der Waals surface area contributed by atoms with Crippen molar-refractivity contribution in [1.82, 2.24) is 14.3 Å². The lowest BCUT2D eigenvalue weighted by Gasteiger charge is -2.14. The third kappa shape index (κ3) is 1.80. The van der Waals surface area contributed by atoms with Crippen molar-refractivity contribution < 1.29 is 8.42 Å². The van der Waals surface area contributed by atoms with Crippen LogP contribution in [0.25, 0.3) is 0 Å². The minimum Gasteiger partial charge on any atom is -0.335 e. The Bertz CT molecular complexity index is 394. The third-order valence-electron chi connectivity index (χ3n) is 2.37. The van der Waals surface area contributed by atoms with Crippen molar-refractivity contribution >= 4 is 10.0 Å². The molecule has 0 bridgehead atoms. The van der Waals surface area contributed by atoms with E-state index in [9.17, 15) is 8.42 Å². The van der Waals surface area contributed by atoms with Gasteiger partial charge >= 0.3 is 0 Å². The van der Waals surface area contributed by atoms with Gasteiger partial charge in [-0.2, -0.15) is 4.31 Å². The van der Waals surface area contributed by atoms with E-state index < -0.39 is 10.0 Å². The van der Waals surface area contributed by atoms with Crippen molar-refractivity contribution in [3.8, 4) is 0 Å². The minimum atomic E-state index is -3.34. The van der Waals surface area contributed by atoms with E-state index in [1.807, 2.05) is 0 Å². The van der Waals surface area contributed by atoms with Gasteiger partial charge in [-0.1, -0.05) is 0 Å². The molecule has 1 N–H and O–H groups in total. The van der Waals surface area contributed by atoms with Crippen LogP contribution in [0, 0.1) is 5.92 Å². The summed E-state index contributed by atoms with van der Waals surface area (Å²) >= 11 is 0. The Morgan fingerprint density at radius 2 is 2.36 bits per heavy atom. The van der Waals surface area contributed by atoms with Gasteiger partial charge in [0.1, 0.15) is 0 Å². The van der Waals surface area contributed by atoms with Crippen LogP contribution >= 0.6 is 0 Å². The summed E-state index contributed by atoms with van der Waals surface area (Å²) in [4.78, 5) is 6.32. The lowest BCUT2D eigenvalue weighted by molar-refractivity contribution is 0.451. The standard InChI is InChI=1S/C8H13N3O2S/c1-11(5-7-2-3-7)14(12,13)8-4-9-6-10-8/h4,6-7H,2-3,5H2,1H3,(H,9,10). The van der Waals surface area contributed by atoms with E-state index in [0.717, 1.165) is 12.8 Å². The Morgan fingerprint density at radius 3 is 2.86 bits per heavy atom. The molecule has 1 fully saturated rings. The molecule has 14 heavy (non-hydrogen) atoms. The smallest absolute Gasteiger partial charge is 0.259 e. The summed E-state index contributed by atoms with van der Waals surface area (Å²) < 4.78 is 25.0. The molecule has 0 aliphatic heterocycles. The fraction of sp³-hybridized carbons (Fsp3) is 0.625. The molecule has 0 amide bonds. The van der Waals surface area contributed by atoms with Crippen LogP contribution in [0.1, 0.15) is 12.8 Å². The zero-order valence-corrected chi connectivity index (χ0v) is 8.79. The molecule has 0 aromatic carbocycles. The molecule has 1 aliphatic rings. The van der Waals surface area contributed by atoms with Gasteiger partial charge in [0.2, 0.25) is 0 Å². The van der Waals surface area contributed by atoms with Crippen LogP contribution in [-0.2, 0) is 10.0 Å². The molecule has 0 unspecified atom stereocenters. The highest BCUT2D eigenvalue weighted by Gasteiger charge is 2.29. The van der Waals surface area contributed by atoms with Crippen molar-refractivity contribution in [2.24, 2.45) is 5.92 Å². The first-order valence-corrected chi connectivity index (χ1v) is 5.99. The van der Waals surface area contributed by atoms with E-state index in [1.54, 1.807) is 7.05 Å². The highest BCUT2D eigenvalue weighted by Crippen LogP contribution is 2.30. The second kappa shape index (κ2) is 3.36. The van der Waals surface area contributed by atoms with Crippen molar-refractivity contribution in [3.05, 3.63) is 12.5 Å². The number of hydrogen-bond donors (Lipinski definition) is 1. The first-order valence-electron chi connectivity index (χ1n) is 4.55. The van der Waals surface area contributed by atoms with Crippen LogP contribution in [0.3, 0.4) is 0 Å². The number of hydrogen-bond acceptors (Lipinski definition) is 3. The normalized spacial score (nSPS) is 17.6. The molecule has 78 valence electrons. The highest BCUT2D eigenvalue weighted by molar-refractivity contribution is 7.89. The maximum absolute atomic E-state index is 11.8. The molecule has 0 spiro atoms. The molecule has 6 heteroatoms. The Hall–Kier alpha value is -0.880. The minimum absolute atomic E-state index is 0.167. The Labute approximate surface area is 83.2 Å². The topological polar surface area (TPSA) is 66.1 Å². The van der Waals surface area contributed by atoms with Crippen molar-refractivity contribution in [1.29, 1.82) is 0 Å². The zero-order chi connectivity index (χ0) is 10.2. The predicted octanol–water partition coefficient (Wildman–Crippen LogP) is 0.440. The van der Waals surface area contributed by atoms with Crippen LogP contribution < -0.4 is 0 Å². The predicted molar refractivity (Wildman–Crippen MR) is 51.1 cm³/mol. The van der Waals surface area contributed by atoms with E-state index in [1.165, 1.54) is 16.8 Å². The van der Waals surface area contributed by atoms with Crippen LogP contribution in [0.4, 0.5) is 0 Å². The Kier molecular flexibility index (Phi) is 2.32. The summed E-state index contributed by atoms with van der Waals surface area (Å²) in [6, 6.07) is 0. The Balaban J connectivity index is 2.14. The second-order valence-electron chi connectivity index (χ2n) is 3.64. The van der Waals surface area contributed by atoms with Gasteiger partial charge in [-0.05, 0) is 18.8 Å². The first-order chi connectivity index (χ1) is 6.60. The number of nitrogens with zero attached hydrogens (tertiary/aromatic N) is 2. The van der Waals surface area contributed by atoms with Gasteiger partial charge in [-0.3, -0.25) is 0 Å². The molecule has 2 rings (SSSR count). The zero-order valence-electron chi connectivity index (χ0n) is 7.97. The van der Waals surface area contributed by atoms with Gasteiger partial charge in [0.15, 0.2) is 5.03 Å². The molecule has 0 atom stereocenters. The van der Waals surface area contributed by atoms with Gasteiger partial charge in [-0.15, -0.1) is 0 Å². The quantitative estimate of drug-likeness (QED) is 0.792. The van der Waals surface area contributed by atoms with Gasteiger partial charge in [0.05, 0.1) is 12.5 Å². The summed E-state index contributed by atoms with van der Waals surface area (Å²) in [6.07, 6.45) is 4.99. The Morgan fingerprint density at radius 1 is 1.64 bits per heavy atom. The second-order valence-corrected chi connectivity index (χ2v) is 5.66. The van der Waals surface area contributed by atoms with Crippen molar-refractivity contribution in [2.75, 3.05) is 13.6 Å². The molecular weight excluding hydrogens is 202 g/mol. The lowest BCUT2D eigenvalue weighted by Crippen LogP contribution is -2.29. The van der Waals surface area contributed by atoms with Gasteiger partial charge in [-0.25, -0.2) is 13.4 Å². The van der Waals surface area contributed by atoms with E-state index in [4.69, 9.17) is 0 Å². The van der Waals surface area contributed by atoms with E-state index in [2.05, 4.69) is 9.97 Å². The summed E-state index contributed by atoms with van der Waals surface area (Å²) in [5.41, 5.74) is 0. The average Bonchev–Trinajstić information content (AvgIpc) is 2.79. The third-order valence-corrected chi connectivity index (χ3v) is 4.12. The monoisotopic (exact) mass is 215 g/mol. The van der Waals surface area contributed by atoms with E-state index >= 15 is 0 Å². The number of rotatable bonds is 4. The van der Waals surface area contributed by atoms with E-state index in [-0.39, 0.29) is 5.03 Å². The number of nitrogens with one attached hydrogen (secondary N) is 1. The van der Waals surface area contributed by atoms with Crippen molar-refractivity contribution in [2.45, 2.75) is 17.9 Å². The SMILES string of the molecule is CN(CC1CC1)S(=O)(=O)c1cnc[nH]1. The van der Waals surface area contributed by atoms with Crippen LogP contribution in [0.15, 0.2) is 17.6 Å². The fourth-order valence-corrected chi connectivity index (χ4v) is 2.45. The molecule has 5 nitrogen and oxygen atoms in total. The van der Waals surface area contributed by atoms with Crippen LogP contribution in [-0.4, -0.2) is 36.3 Å². The van der Waals surface area contributed by atoms with Gasteiger partial charge < -0.3 is 4.98 Å². The van der Waals surface area contributed by atoms with Crippen LogP contribution in [0.2, 0.25) is 0 Å². The van der Waals surface area contributed by atoms with Crippen LogP contribution in [0.5, 0.6) is 0 Å². The summed E-state index contributed by atoms with van der Waals surface area (Å²) in [7, 11) is -1.73. The molecule has 1 aromatic heterocycles. The molecule has 1 aliphatic carbocycles. The number of aromatic nitrogens is 2. The lowest BCUT2D eigenvalue weighted by atomic mass is 10.4. The number of H-pyrrole nitrogens is 1. The maximum atomic E-state index is 11.8. The molecule has 1 heterocycles. The number of sulfonamides is 1. The summed E-state index contributed by atoms with van der Waals surface area (Å²) in [6.45, 7) is 0.612. The summed E-state index contributed by atoms with van der Waals surface area (Å²) in [5.74, 6) is 0.553. The fourth-order valence-electron chi connectivity index (χ4n) is 1.31. The molecule has 1 aromatic rings. The largest absolute Gasteiger partial charge is 0.335 e. The highest BCUT2D eigenvalue weighted by atomic mass is 32.2. The van der Waals surface area contributed by atoms with Gasteiger partial charge in [0.25, 0.3) is 10.0 Å². The molecule has 1 saturated carbocycles. The van der Waals surface area contributed by atoms with Gasteiger partial charge in [0, 0.05) is 13.6 Å². The molecular formula is C8H13N3O2S. The number of imidazole rings is 1. The number of aromatic amines is 1. The summed E-state index contributed by atoms with van der Waals surface area (Å²) in [5, 5.41) is 0.167. The molecule has 0 radical (unpaired) electrons. The maximum Gasteiger partial charge on any atom is 0.259 e. The average molecular weight is 215 g/mol. The molecule has 0 saturated heterocycles. The first kappa shape index (κ1) is 9.67. The van der Waals surface area contributed by atoms with Crippen molar-refractivity contribution in [3.63, 3.8) is 0 Å². The van der Waals surface area contributed by atoms with E-state index in [0.29, 0.717) is 12.5 Å².